The summed E-state index contributed by atoms with van der Waals surface area (Å²) in [6.07, 6.45) is 0. The molecule has 0 bridgehead atoms. The second kappa shape index (κ2) is 7.47. The van der Waals surface area contributed by atoms with E-state index < -0.39 is 16.1 Å². The molecule has 5 heteroatoms. The van der Waals surface area contributed by atoms with Crippen molar-refractivity contribution in [2.75, 3.05) is 0 Å². The van der Waals surface area contributed by atoms with Crippen LogP contribution in [0.4, 0.5) is 11.4 Å². The number of hydrogen-bond acceptors (Lipinski definition) is 2. The van der Waals surface area contributed by atoms with Crippen LogP contribution in [-0.4, -0.2) is 16.1 Å². The first-order valence-electron chi connectivity index (χ1n) is 7.17. The first-order chi connectivity index (χ1) is 11.2. The fraction of sp³-hybridized carbons (Fsp3) is 0. The van der Waals surface area contributed by atoms with Crippen molar-refractivity contribution in [3.8, 4) is 0 Å². The van der Waals surface area contributed by atoms with Gasteiger partial charge >= 0.3 is 148 Å². The molecule has 0 aromatic heterocycles. The van der Waals surface area contributed by atoms with Crippen molar-refractivity contribution in [2.45, 2.75) is 0 Å². The summed E-state index contributed by atoms with van der Waals surface area (Å²) < 4.78 is 1.92. The number of azo groups is 1. The number of rotatable bonds is 4. The molecule has 2 nitrogen and oxygen atoms in total. The van der Waals surface area contributed by atoms with Gasteiger partial charge < -0.3 is 0 Å². The summed E-state index contributed by atoms with van der Waals surface area (Å²) in [6, 6.07) is 27.2. The standard InChI is InChI=1S/C12H9N2.C6H5.2ClH.Sn/c1-3-7-11(8-4-1)13-14-12-9-5-2-6-10-12;1-2-4-6-5-3-1;;;/h1-9H;1-5H;2*1H;/q;;;;+2/p-2. The topological polar surface area (TPSA) is 24.7 Å². The van der Waals surface area contributed by atoms with Crippen molar-refractivity contribution < 1.29 is 0 Å². The molecule has 0 spiro atoms. The van der Waals surface area contributed by atoms with Crippen LogP contribution in [0.3, 0.4) is 0 Å². The minimum absolute atomic E-state index is 0.737. The third-order valence-electron chi connectivity index (χ3n) is 3.41. The Morgan fingerprint density at radius 2 is 1.17 bits per heavy atom. The number of hydrogen-bond donors (Lipinski definition) is 0. The monoisotopic (exact) mass is 448 g/mol. The van der Waals surface area contributed by atoms with Crippen LogP contribution in [0.2, 0.25) is 0 Å². The number of benzene rings is 3. The summed E-state index contributed by atoms with van der Waals surface area (Å²) in [5, 5.41) is 8.66. The summed E-state index contributed by atoms with van der Waals surface area (Å²) in [5.74, 6) is 0. The second-order valence-electron chi connectivity index (χ2n) is 4.99. The van der Waals surface area contributed by atoms with Crippen LogP contribution in [0.15, 0.2) is 95.2 Å². The van der Waals surface area contributed by atoms with E-state index in [2.05, 4.69) is 10.2 Å². The van der Waals surface area contributed by atoms with E-state index >= 15 is 0 Å². The van der Waals surface area contributed by atoms with E-state index in [1.807, 2.05) is 84.9 Å². The van der Waals surface area contributed by atoms with Crippen LogP contribution in [-0.2, 0) is 0 Å². The molecule has 0 atom stereocenters. The zero-order valence-corrected chi connectivity index (χ0v) is 16.6. The van der Waals surface area contributed by atoms with Crippen molar-refractivity contribution in [2.24, 2.45) is 10.2 Å². The normalized spacial score (nSPS) is 11.7. The molecular weight excluding hydrogens is 434 g/mol. The summed E-state index contributed by atoms with van der Waals surface area (Å²) in [4.78, 5) is 0. The summed E-state index contributed by atoms with van der Waals surface area (Å²) >= 11 is -3.70. The van der Waals surface area contributed by atoms with Gasteiger partial charge in [0.2, 0.25) is 0 Å². The van der Waals surface area contributed by atoms with Crippen LogP contribution in [0.5, 0.6) is 0 Å². The van der Waals surface area contributed by atoms with Gasteiger partial charge in [0.05, 0.1) is 0 Å². The molecule has 114 valence electrons. The molecule has 23 heavy (non-hydrogen) atoms. The van der Waals surface area contributed by atoms with Gasteiger partial charge in [-0.1, -0.05) is 0 Å². The van der Waals surface area contributed by atoms with Gasteiger partial charge in [0, 0.05) is 0 Å². The van der Waals surface area contributed by atoms with E-state index in [9.17, 15) is 0 Å². The third-order valence-corrected chi connectivity index (χ3v) is 15.2. The van der Waals surface area contributed by atoms with E-state index in [-0.39, 0.29) is 0 Å². The minimum atomic E-state index is -3.70. The van der Waals surface area contributed by atoms with Gasteiger partial charge in [-0.2, -0.15) is 0 Å². The maximum atomic E-state index is 6.85. The van der Waals surface area contributed by atoms with Gasteiger partial charge in [0.15, 0.2) is 0 Å². The van der Waals surface area contributed by atoms with Crippen LogP contribution in [0.25, 0.3) is 0 Å². The van der Waals surface area contributed by atoms with Crippen LogP contribution in [0, 0.1) is 0 Å². The molecule has 0 unspecified atom stereocenters. The van der Waals surface area contributed by atoms with Crippen LogP contribution < -0.4 is 7.16 Å². The Kier molecular flexibility index (Phi) is 5.36. The zero-order chi connectivity index (χ0) is 16.1. The molecule has 3 aromatic rings. The summed E-state index contributed by atoms with van der Waals surface area (Å²) in [7, 11) is 13.7. The summed E-state index contributed by atoms with van der Waals surface area (Å²) in [5.41, 5.74) is 1.54. The maximum absolute atomic E-state index is 6.85. The van der Waals surface area contributed by atoms with Crippen molar-refractivity contribution >= 4 is 52.5 Å². The predicted octanol–water partition coefficient (Wildman–Crippen LogP) is 5.14. The van der Waals surface area contributed by atoms with Crippen molar-refractivity contribution in [3.63, 3.8) is 0 Å². The molecule has 0 heterocycles. The first kappa shape index (κ1) is 16.5. The predicted molar refractivity (Wildman–Crippen MR) is 100 cm³/mol. The zero-order valence-electron chi connectivity index (χ0n) is 12.2. The SMILES string of the molecule is [Cl][Sn]([Cl])([c]1ccccc1)[c]1ccccc1N=Nc1ccccc1. The molecule has 0 fully saturated rings. The van der Waals surface area contributed by atoms with E-state index in [0.717, 1.165) is 18.5 Å². The Hall–Kier alpha value is -1.36. The third kappa shape index (κ3) is 3.94. The molecule has 0 saturated carbocycles. The van der Waals surface area contributed by atoms with Crippen LogP contribution in [0.1, 0.15) is 0 Å². The molecule has 3 rings (SSSR count). The molecule has 0 radical (unpaired) electrons. The quantitative estimate of drug-likeness (QED) is 0.391. The van der Waals surface area contributed by atoms with Gasteiger partial charge in [0.25, 0.3) is 0 Å². The Balaban J connectivity index is 2.00. The fourth-order valence-corrected chi connectivity index (χ4v) is 10.9. The van der Waals surface area contributed by atoms with Gasteiger partial charge in [-0.05, 0) is 0 Å². The second-order valence-corrected chi connectivity index (χ2v) is 20.4. The molecule has 0 aliphatic heterocycles. The van der Waals surface area contributed by atoms with Gasteiger partial charge in [-0.15, -0.1) is 0 Å². The molecular formula is C18H14Cl2N2Sn. The van der Waals surface area contributed by atoms with Gasteiger partial charge in [-0.25, -0.2) is 0 Å². The average Bonchev–Trinajstić information content (AvgIpc) is 2.62. The van der Waals surface area contributed by atoms with E-state index in [1.54, 1.807) is 0 Å². The fourth-order valence-electron chi connectivity index (χ4n) is 2.24. The van der Waals surface area contributed by atoms with E-state index in [4.69, 9.17) is 17.8 Å². The molecule has 0 amide bonds. The van der Waals surface area contributed by atoms with E-state index in [0.29, 0.717) is 0 Å². The Morgan fingerprint density at radius 1 is 0.609 bits per heavy atom. The first-order valence-corrected chi connectivity index (χ1v) is 17.3. The number of nitrogens with zero attached hydrogens (tertiary/aromatic N) is 2. The van der Waals surface area contributed by atoms with Gasteiger partial charge in [0.1, 0.15) is 0 Å². The number of halogens is 2. The Morgan fingerprint density at radius 3 is 1.87 bits per heavy atom. The van der Waals surface area contributed by atoms with E-state index in [1.165, 1.54) is 0 Å². The average molecular weight is 448 g/mol. The van der Waals surface area contributed by atoms with Gasteiger partial charge in [-0.3, -0.25) is 0 Å². The van der Waals surface area contributed by atoms with Crippen molar-refractivity contribution in [1.82, 2.24) is 0 Å². The Bertz CT molecular complexity index is 806. The summed E-state index contributed by atoms with van der Waals surface area (Å²) in [6.45, 7) is 0. The molecule has 3 aromatic carbocycles. The molecule has 0 aliphatic rings. The van der Waals surface area contributed by atoms with Crippen molar-refractivity contribution in [3.05, 3.63) is 84.9 Å². The van der Waals surface area contributed by atoms with Crippen LogP contribution >= 0.6 is 17.8 Å². The molecule has 0 N–H and O–H groups in total. The van der Waals surface area contributed by atoms with Crippen molar-refractivity contribution in [1.29, 1.82) is 0 Å². The molecule has 0 aliphatic carbocycles. The Labute approximate surface area is 147 Å². The molecule has 0 saturated heterocycles.